The predicted molar refractivity (Wildman–Crippen MR) is 67.3 cm³/mol. The van der Waals surface area contributed by atoms with Crippen LogP contribution in [0.15, 0.2) is 4.99 Å². The van der Waals surface area contributed by atoms with Crippen LogP contribution in [0.25, 0.3) is 0 Å². The number of nitrogens with one attached hydrogen (secondary N) is 1. The van der Waals surface area contributed by atoms with Gasteiger partial charge in [0, 0.05) is 6.54 Å². The monoisotopic (exact) mass is 228 g/mol. The first-order chi connectivity index (χ1) is 7.70. The molecule has 0 heterocycles. The second-order valence-corrected chi connectivity index (χ2v) is 3.85. The van der Waals surface area contributed by atoms with Gasteiger partial charge in [0.05, 0.1) is 6.04 Å². The molecule has 1 atom stereocenters. The van der Waals surface area contributed by atoms with Gasteiger partial charge in [0.15, 0.2) is 5.96 Å². The highest BCUT2D eigenvalue weighted by Gasteiger charge is 2.04. The molecule has 0 unspecified atom stereocenters. The van der Waals surface area contributed by atoms with Gasteiger partial charge in [0.25, 0.3) is 0 Å². The van der Waals surface area contributed by atoms with Crippen LogP contribution in [0.2, 0.25) is 0 Å². The minimum Gasteiger partial charge on any atom is -0.370 e. The number of carbonyl (C=O) groups excluding carboxylic acids is 1. The zero-order valence-corrected chi connectivity index (χ0v) is 10.1. The minimum atomic E-state index is -0.0638. The van der Waals surface area contributed by atoms with E-state index in [0.29, 0.717) is 6.54 Å². The summed E-state index contributed by atoms with van der Waals surface area (Å²) in [5.41, 5.74) is 10.4. The van der Waals surface area contributed by atoms with Crippen LogP contribution >= 0.6 is 0 Å². The van der Waals surface area contributed by atoms with Crippen molar-refractivity contribution in [2.75, 3.05) is 13.1 Å². The van der Waals surface area contributed by atoms with E-state index in [-0.39, 0.29) is 12.0 Å². The van der Waals surface area contributed by atoms with Gasteiger partial charge in [-0.1, -0.05) is 19.8 Å². The SMILES string of the molecule is CCCCCN[C@H](C=O)CCCN=C(N)N. The molecule has 94 valence electrons. The van der Waals surface area contributed by atoms with E-state index >= 15 is 0 Å². The van der Waals surface area contributed by atoms with Gasteiger partial charge in [-0.3, -0.25) is 4.99 Å². The highest BCUT2D eigenvalue weighted by Crippen LogP contribution is 1.97. The summed E-state index contributed by atoms with van der Waals surface area (Å²) in [5.74, 6) is 0.110. The summed E-state index contributed by atoms with van der Waals surface area (Å²) in [5, 5.41) is 3.21. The van der Waals surface area contributed by atoms with E-state index < -0.39 is 0 Å². The summed E-state index contributed by atoms with van der Waals surface area (Å²) in [6.07, 6.45) is 6.08. The second kappa shape index (κ2) is 10.4. The Morgan fingerprint density at radius 2 is 2.12 bits per heavy atom. The number of nitrogens with two attached hydrogens (primary N) is 2. The first-order valence-corrected chi connectivity index (χ1v) is 5.94. The molecule has 0 rings (SSSR count). The van der Waals surface area contributed by atoms with Gasteiger partial charge < -0.3 is 21.6 Å². The summed E-state index contributed by atoms with van der Waals surface area (Å²) < 4.78 is 0. The molecule has 5 heteroatoms. The smallest absolute Gasteiger partial charge is 0.185 e. The van der Waals surface area contributed by atoms with E-state index in [1.165, 1.54) is 12.8 Å². The fourth-order valence-electron chi connectivity index (χ4n) is 1.40. The Labute approximate surface area is 97.7 Å². The molecule has 0 bridgehead atoms. The molecule has 0 aromatic rings. The van der Waals surface area contributed by atoms with Crippen molar-refractivity contribution in [2.45, 2.75) is 45.1 Å². The van der Waals surface area contributed by atoms with Crippen LogP contribution in [-0.2, 0) is 4.79 Å². The Kier molecular flexibility index (Phi) is 9.70. The number of nitrogens with zero attached hydrogens (tertiary/aromatic N) is 1. The molecular weight excluding hydrogens is 204 g/mol. The normalized spacial score (nSPS) is 12.1. The highest BCUT2D eigenvalue weighted by molar-refractivity contribution is 5.75. The fourth-order valence-corrected chi connectivity index (χ4v) is 1.40. The maximum atomic E-state index is 10.7. The maximum Gasteiger partial charge on any atom is 0.185 e. The van der Waals surface area contributed by atoms with Gasteiger partial charge >= 0.3 is 0 Å². The number of aliphatic imine (C=N–C) groups is 1. The second-order valence-electron chi connectivity index (χ2n) is 3.85. The van der Waals surface area contributed by atoms with Crippen molar-refractivity contribution < 1.29 is 4.79 Å². The molecule has 5 nitrogen and oxygen atoms in total. The van der Waals surface area contributed by atoms with Gasteiger partial charge in [-0.2, -0.15) is 0 Å². The van der Waals surface area contributed by atoms with Crippen molar-refractivity contribution in [1.82, 2.24) is 5.32 Å². The fraction of sp³-hybridized carbons (Fsp3) is 0.818. The molecule has 0 aliphatic heterocycles. The standard InChI is InChI=1S/C11H24N4O/c1-2-3-4-7-14-10(9-16)6-5-8-15-11(12)13/h9-10,14H,2-8H2,1H3,(H4,12,13,15)/t10-/m0/s1. The Hall–Kier alpha value is -1.10. The van der Waals surface area contributed by atoms with Gasteiger partial charge in [-0.25, -0.2) is 0 Å². The molecule has 16 heavy (non-hydrogen) atoms. The van der Waals surface area contributed by atoms with Crippen LogP contribution in [-0.4, -0.2) is 31.4 Å². The van der Waals surface area contributed by atoms with E-state index in [1.54, 1.807) is 0 Å². The van der Waals surface area contributed by atoms with Gasteiger partial charge in [-0.05, 0) is 25.8 Å². The van der Waals surface area contributed by atoms with Crippen LogP contribution < -0.4 is 16.8 Å². The van der Waals surface area contributed by atoms with Gasteiger partial charge in [-0.15, -0.1) is 0 Å². The Morgan fingerprint density at radius 1 is 1.38 bits per heavy atom. The van der Waals surface area contributed by atoms with Crippen LogP contribution in [0.1, 0.15) is 39.0 Å². The zero-order valence-electron chi connectivity index (χ0n) is 10.1. The van der Waals surface area contributed by atoms with Crippen LogP contribution in [0, 0.1) is 0 Å². The largest absolute Gasteiger partial charge is 0.370 e. The lowest BCUT2D eigenvalue weighted by molar-refractivity contribution is -0.109. The quantitative estimate of drug-likeness (QED) is 0.218. The van der Waals surface area contributed by atoms with E-state index in [2.05, 4.69) is 17.2 Å². The summed E-state index contributed by atoms with van der Waals surface area (Å²) in [6, 6.07) is -0.0638. The molecular formula is C11H24N4O. The lowest BCUT2D eigenvalue weighted by Crippen LogP contribution is -2.31. The van der Waals surface area contributed by atoms with Crippen molar-refractivity contribution in [1.29, 1.82) is 0 Å². The van der Waals surface area contributed by atoms with Crippen molar-refractivity contribution in [3.63, 3.8) is 0 Å². The van der Waals surface area contributed by atoms with Crippen LogP contribution in [0.5, 0.6) is 0 Å². The number of hydrogen-bond acceptors (Lipinski definition) is 3. The number of carbonyl (C=O) groups is 1. The van der Waals surface area contributed by atoms with Crippen molar-refractivity contribution in [2.24, 2.45) is 16.5 Å². The molecule has 0 aliphatic rings. The number of unbranched alkanes of at least 4 members (excludes halogenated alkanes) is 2. The van der Waals surface area contributed by atoms with Crippen molar-refractivity contribution in [3.8, 4) is 0 Å². The lowest BCUT2D eigenvalue weighted by atomic mass is 10.1. The summed E-state index contributed by atoms with van der Waals surface area (Å²) >= 11 is 0. The molecule has 0 fully saturated rings. The molecule has 0 aromatic heterocycles. The molecule has 5 N–H and O–H groups in total. The third kappa shape index (κ3) is 9.45. The first-order valence-electron chi connectivity index (χ1n) is 5.94. The summed E-state index contributed by atoms with van der Waals surface area (Å²) in [6.45, 7) is 3.65. The average Bonchev–Trinajstić information content (AvgIpc) is 2.26. The molecule has 0 aliphatic carbocycles. The van der Waals surface area contributed by atoms with E-state index in [1.807, 2.05) is 0 Å². The van der Waals surface area contributed by atoms with Crippen molar-refractivity contribution >= 4 is 12.2 Å². The Bertz CT molecular complexity index is 202. The molecule has 0 amide bonds. The molecule has 0 spiro atoms. The maximum absolute atomic E-state index is 10.7. The number of hydrogen-bond donors (Lipinski definition) is 3. The van der Waals surface area contributed by atoms with E-state index in [4.69, 9.17) is 11.5 Å². The third-order valence-electron chi connectivity index (χ3n) is 2.32. The Balaban J connectivity index is 3.51. The van der Waals surface area contributed by atoms with E-state index in [9.17, 15) is 4.79 Å². The van der Waals surface area contributed by atoms with Crippen molar-refractivity contribution in [3.05, 3.63) is 0 Å². The average molecular weight is 228 g/mol. The molecule has 0 aromatic carbocycles. The lowest BCUT2D eigenvalue weighted by Gasteiger charge is -2.11. The Morgan fingerprint density at radius 3 is 2.69 bits per heavy atom. The topological polar surface area (TPSA) is 93.5 Å². The zero-order chi connectivity index (χ0) is 12.2. The number of rotatable bonds is 10. The number of aldehydes is 1. The summed E-state index contributed by atoms with van der Waals surface area (Å²) in [4.78, 5) is 14.6. The van der Waals surface area contributed by atoms with Crippen LogP contribution in [0.4, 0.5) is 0 Å². The van der Waals surface area contributed by atoms with Crippen LogP contribution in [0.3, 0.4) is 0 Å². The molecule has 0 saturated carbocycles. The predicted octanol–water partition coefficient (Wildman–Crippen LogP) is 0.387. The first kappa shape index (κ1) is 14.9. The highest BCUT2D eigenvalue weighted by atomic mass is 16.1. The number of guanidine groups is 1. The molecule has 0 saturated heterocycles. The summed E-state index contributed by atoms with van der Waals surface area (Å²) in [7, 11) is 0. The van der Waals surface area contributed by atoms with E-state index in [0.717, 1.165) is 32.1 Å². The third-order valence-corrected chi connectivity index (χ3v) is 2.32. The minimum absolute atomic E-state index is 0.0638. The van der Waals surface area contributed by atoms with Gasteiger partial charge in [0.1, 0.15) is 6.29 Å². The molecule has 0 radical (unpaired) electrons. The van der Waals surface area contributed by atoms with Gasteiger partial charge in [0.2, 0.25) is 0 Å².